The molecule has 1 fully saturated rings. The molecule has 0 bridgehead atoms. The van der Waals surface area contributed by atoms with Crippen molar-refractivity contribution in [2.75, 3.05) is 0 Å². The van der Waals surface area contributed by atoms with Crippen LogP contribution in [-0.2, 0) is 17.4 Å². The lowest BCUT2D eigenvalue weighted by Crippen LogP contribution is -2.40. The number of carbonyl (C=O) groups excluding carboxylic acids is 2. The molecule has 1 saturated heterocycles. The summed E-state index contributed by atoms with van der Waals surface area (Å²) < 4.78 is 7.26. The van der Waals surface area contributed by atoms with Crippen molar-refractivity contribution in [3.8, 4) is 22.8 Å². The molecule has 3 amide bonds. The molecule has 5 rings (SSSR count). The highest BCUT2D eigenvalue weighted by atomic mass is 16.5. The third-order valence-electron chi connectivity index (χ3n) is 5.02. The molecule has 1 aliphatic rings. The number of nitrogens with one attached hydrogen (secondary N) is 2. The van der Waals surface area contributed by atoms with Crippen molar-refractivity contribution in [2.45, 2.75) is 12.5 Å². The Hall–Kier alpha value is -4.08. The SMILES string of the molecule is Cn1cnc2c(-c3nc(-c4ccc(C5(C)NC(=O)NC5=O)cc4)no3)ccnc21. The molecule has 1 unspecified atom stereocenters. The Morgan fingerprint density at radius 3 is 2.62 bits per heavy atom. The van der Waals surface area contributed by atoms with Crippen molar-refractivity contribution in [2.24, 2.45) is 7.05 Å². The number of aromatic nitrogens is 5. The van der Waals surface area contributed by atoms with E-state index in [2.05, 4.69) is 30.7 Å². The number of rotatable bonds is 3. The van der Waals surface area contributed by atoms with Gasteiger partial charge in [0.2, 0.25) is 5.82 Å². The van der Waals surface area contributed by atoms with Crippen LogP contribution in [-0.4, -0.2) is 36.6 Å². The van der Waals surface area contributed by atoms with E-state index in [0.717, 1.165) is 5.65 Å². The van der Waals surface area contributed by atoms with Gasteiger partial charge in [-0.05, 0) is 18.6 Å². The molecule has 0 saturated carbocycles. The second kappa shape index (κ2) is 5.96. The second-order valence-corrected chi connectivity index (χ2v) is 6.92. The van der Waals surface area contributed by atoms with Crippen LogP contribution in [0.2, 0.25) is 0 Å². The van der Waals surface area contributed by atoms with Crippen LogP contribution in [0.5, 0.6) is 0 Å². The molecule has 4 heterocycles. The van der Waals surface area contributed by atoms with E-state index in [1.54, 1.807) is 49.8 Å². The maximum absolute atomic E-state index is 12.1. The molecule has 0 spiro atoms. The van der Waals surface area contributed by atoms with E-state index in [9.17, 15) is 9.59 Å². The summed E-state index contributed by atoms with van der Waals surface area (Å²) in [5, 5.41) is 8.94. The Bertz CT molecular complexity index is 1270. The Labute approximate surface area is 164 Å². The number of amides is 3. The number of pyridine rings is 1. The summed E-state index contributed by atoms with van der Waals surface area (Å²) in [7, 11) is 1.86. The fraction of sp³-hybridized carbons (Fsp3) is 0.158. The minimum Gasteiger partial charge on any atom is -0.334 e. The van der Waals surface area contributed by atoms with E-state index in [4.69, 9.17) is 4.52 Å². The smallest absolute Gasteiger partial charge is 0.322 e. The molecule has 4 aromatic rings. The lowest BCUT2D eigenvalue weighted by atomic mass is 9.91. The maximum Gasteiger partial charge on any atom is 0.322 e. The standard InChI is InChI=1S/C19H15N7O3/c1-19(17(27)23-18(28)24-19)11-5-3-10(4-6-11)14-22-16(29-25-14)12-7-8-20-15-13(12)21-9-26(15)2/h3-9H,1-2H3,(H2,23,24,27,28). The molecule has 29 heavy (non-hydrogen) atoms. The molecule has 2 N–H and O–H groups in total. The first-order valence-corrected chi connectivity index (χ1v) is 8.80. The van der Waals surface area contributed by atoms with Crippen LogP contribution < -0.4 is 10.6 Å². The number of carbonyl (C=O) groups is 2. The number of fused-ring (bicyclic) bond motifs is 1. The van der Waals surface area contributed by atoms with Crippen molar-refractivity contribution in [1.82, 2.24) is 35.3 Å². The predicted octanol–water partition coefficient (Wildman–Crippen LogP) is 1.74. The Balaban J connectivity index is 1.48. The molecular weight excluding hydrogens is 374 g/mol. The zero-order valence-electron chi connectivity index (χ0n) is 15.5. The van der Waals surface area contributed by atoms with Gasteiger partial charge >= 0.3 is 6.03 Å². The summed E-state index contributed by atoms with van der Waals surface area (Å²) in [5.74, 6) is 0.344. The van der Waals surface area contributed by atoms with Crippen LogP contribution in [0.25, 0.3) is 34.0 Å². The lowest BCUT2D eigenvalue weighted by Gasteiger charge is -2.20. The van der Waals surface area contributed by atoms with Gasteiger partial charge in [0.25, 0.3) is 11.8 Å². The lowest BCUT2D eigenvalue weighted by molar-refractivity contribution is -0.123. The average Bonchev–Trinajstić information content (AvgIpc) is 3.41. The average molecular weight is 389 g/mol. The summed E-state index contributed by atoms with van der Waals surface area (Å²) in [6.45, 7) is 1.65. The molecule has 1 aliphatic heterocycles. The van der Waals surface area contributed by atoms with Gasteiger partial charge in [0.05, 0.1) is 11.9 Å². The monoisotopic (exact) mass is 389 g/mol. The molecule has 1 atom stereocenters. The Kier molecular flexibility index (Phi) is 3.50. The summed E-state index contributed by atoms with van der Waals surface area (Å²) >= 11 is 0. The quantitative estimate of drug-likeness (QED) is 0.511. The first-order valence-electron chi connectivity index (χ1n) is 8.80. The number of urea groups is 1. The maximum atomic E-state index is 12.1. The van der Waals surface area contributed by atoms with Gasteiger partial charge in [-0.1, -0.05) is 29.4 Å². The number of imide groups is 1. The van der Waals surface area contributed by atoms with E-state index in [-0.39, 0.29) is 0 Å². The van der Waals surface area contributed by atoms with Gasteiger partial charge in [-0.25, -0.2) is 14.8 Å². The number of hydrogen-bond acceptors (Lipinski definition) is 7. The summed E-state index contributed by atoms with van der Waals surface area (Å²) in [4.78, 5) is 36.7. The Morgan fingerprint density at radius 1 is 1.10 bits per heavy atom. The summed E-state index contributed by atoms with van der Waals surface area (Å²) in [6, 6.07) is 8.31. The highest BCUT2D eigenvalue weighted by Gasteiger charge is 2.43. The zero-order chi connectivity index (χ0) is 20.2. The molecule has 3 aromatic heterocycles. The van der Waals surface area contributed by atoms with Gasteiger partial charge < -0.3 is 14.4 Å². The zero-order valence-corrected chi connectivity index (χ0v) is 15.5. The fourth-order valence-corrected chi connectivity index (χ4v) is 3.35. The first kappa shape index (κ1) is 17.0. The van der Waals surface area contributed by atoms with Gasteiger partial charge in [-0.3, -0.25) is 10.1 Å². The van der Waals surface area contributed by atoms with Crippen LogP contribution in [0.1, 0.15) is 12.5 Å². The number of hydrogen-bond donors (Lipinski definition) is 2. The van der Waals surface area contributed by atoms with Gasteiger partial charge in [0.15, 0.2) is 5.65 Å². The normalized spacial score (nSPS) is 18.8. The first-order chi connectivity index (χ1) is 14.0. The van der Waals surface area contributed by atoms with Crippen molar-refractivity contribution in [3.05, 3.63) is 48.4 Å². The van der Waals surface area contributed by atoms with Crippen LogP contribution in [0.3, 0.4) is 0 Å². The summed E-state index contributed by atoms with van der Waals surface area (Å²) in [5.41, 5.74) is 2.35. The van der Waals surface area contributed by atoms with E-state index < -0.39 is 17.5 Å². The van der Waals surface area contributed by atoms with Gasteiger partial charge in [0, 0.05) is 18.8 Å². The van der Waals surface area contributed by atoms with Crippen molar-refractivity contribution >= 4 is 23.1 Å². The topological polar surface area (TPSA) is 128 Å². The van der Waals surface area contributed by atoms with Crippen molar-refractivity contribution < 1.29 is 14.1 Å². The molecular formula is C19H15N7O3. The number of imidazole rings is 1. The van der Waals surface area contributed by atoms with Crippen LogP contribution >= 0.6 is 0 Å². The van der Waals surface area contributed by atoms with Crippen LogP contribution in [0.4, 0.5) is 4.79 Å². The molecule has 10 nitrogen and oxygen atoms in total. The number of benzene rings is 1. The third-order valence-corrected chi connectivity index (χ3v) is 5.02. The molecule has 10 heteroatoms. The highest BCUT2D eigenvalue weighted by Crippen LogP contribution is 2.29. The highest BCUT2D eigenvalue weighted by molar-refractivity contribution is 6.07. The van der Waals surface area contributed by atoms with Gasteiger partial charge in [0.1, 0.15) is 11.1 Å². The predicted molar refractivity (Wildman–Crippen MR) is 101 cm³/mol. The minimum absolute atomic E-state index is 0.338. The van der Waals surface area contributed by atoms with E-state index in [0.29, 0.717) is 33.9 Å². The van der Waals surface area contributed by atoms with E-state index >= 15 is 0 Å². The largest absolute Gasteiger partial charge is 0.334 e. The van der Waals surface area contributed by atoms with Crippen LogP contribution in [0.15, 0.2) is 47.4 Å². The molecule has 0 aliphatic carbocycles. The third kappa shape index (κ3) is 2.57. The van der Waals surface area contributed by atoms with Crippen LogP contribution in [0, 0.1) is 0 Å². The minimum atomic E-state index is -1.11. The molecule has 144 valence electrons. The molecule has 0 radical (unpaired) electrons. The molecule has 1 aromatic carbocycles. The summed E-state index contributed by atoms with van der Waals surface area (Å²) in [6.07, 6.45) is 3.34. The van der Waals surface area contributed by atoms with Crippen molar-refractivity contribution in [1.29, 1.82) is 0 Å². The number of aryl methyl sites for hydroxylation is 1. The van der Waals surface area contributed by atoms with Gasteiger partial charge in [-0.2, -0.15) is 4.98 Å². The Morgan fingerprint density at radius 2 is 1.90 bits per heavy atom. The van der Waals surface area contributed by atoms with E-state index in [1.807, 2.05) is 11.6 Å². The fourth-order valence-electron chi connectivity index (χ4n) is 3.35. The second-order valence-electron chi connectivity index (χ2n) is 6.92. The van der Waals surface area contributed by atoms with E-state index in [1.165, 1.54) is 0 Å². The number of nitrogens with zero attached hydrogens (tertiary/aromatic N) is 5. The van der Waals surface area contributed by atoms with Crippen molar-refractivity contribution in [3.63, 3.8) is 0 Å². The van der Waals surface area contributed by atoms with Gasteiger partial charge in [-0.15, -0.1) is 0 Å².